The highest BCUT2D eigenvalue weighted by atomic mass is 32.2. The average Bonchev–Trinajstić information content (AvgIpc) is 2.51. The van der Waals surface area contributed by atoms with Gasteiger partial charge in [-0.25, -0.2) is 0 Å². The highest BCUT2D eigenvalue weighted by Crippen LogP contribution is 2.36. The zero-order chi connectivity index (χ0) is 15.2. The van der Waals surface area contributed by atoms with E-state index in [1.807, 2.05) is 31.2 Å². The molecule has 21 heavy (non-hydrogen) atoms. The molecule has 2 atom stereocenters. The standard InChI is InChI=1S/C16H20O4S/c1-3-7-11(16(18)19-4-2)15(17)13-10-21-14-9-6-5-8-12(14)20-13/h5-6,8-9,11,13H,3-4,7,10H2,1-2H3. The highest BCUT2D eigenvalue weighted by molar-refractivity contribution is 7.99. The molecular formula is C16H20O4S. The van der Waals surface area contributed by atoms with E-state index in [0.717, 1.165) is 11.3 Å². The van der Waals surface area contributed by atoms with Gasteiger partial charge in [-0.15, -0.1) is 11.8 Å². The molecule has 0 spiro atoms. The number of carbonyl (C=O) groups excluding carboxylic acids is 2. The minimum absolute atomic E-state index is 0.169. The molecule has 0 fully saturated rings. The number of hydrogen-bond acceptors (Lipinski definition) is 5. The highest BCUT2D eigenvalue weighted by Gasteiger charge is 2.36. The van der Waals surface area contributed by atoms with Crippen molar-refractivity contribution in [3.05, 3.63) is 24.3 Å². The smallest absolute Gasteiger partial charge is 0.316 e. The van der Waals surface area contributed by atoms with Crippen LogP contribution in [0.2, 0.25) is 0 Å². The Morgan fingerprint density at radius 3 is 2.86 bits per heavy atom. The van der Waals surface area contributed by atoms with Crippen LogP contribution in [-0.4, -0.2) is 30.2 Å². The number of benzene rings is 1. The van der Waals surface area contributed by atoms with E-state index in [9.17, 15) is 9.59 Å². The third kappa shape index (κ3) is 3.79. The second kappa shape index (κ2) is 7.50. The fourth-order valence-electron chi connectivity index (χ4n) is 2.29. The molecular weight excluding hydrogens is 288 g/mol. The lowest BCUT2D eigenvalue weighted by molar-refractivity contribution is -0.153. The van der Waals surface area contributed by atoms with Gasteiger partial charge in [0, 0.05) is 10.6 Å². The van der Waals surface area contributed by atoms with Crippen molar-refractivity contribution >= 4 is 23.5 Å². The van der Waals surface area contributed by atoms with Gasteiger partial charge >= 0.3 is 5.97 Å². The molecule has 0 aromatic heterocycles. The van der Waals surface area contributed by atoms with Crippen molar-refractivity contribution < 1.29 is 19.1 Å². The van der Waals surface area contributed by atoms with Crippen molar-refractivity contribution in [2.75, 3.05) is 12.4 Å². The second-order valence-corrected chi connectivity index (χ2v) is 5.92. The Hall–Kier alpha value is -1.49. The molecule has 0 N–H and O–H groups in total. The fourth-order valence-corrected chi connectivity index (χ4v) is 3.29. The van der Waals surface area contributed by atoms with Gasteiger partial charge in [-0.1, -0.05) is 25.5 Å². The maximum Gasteiger partial charge on any atom is 0.316 e. The van der Waals surface area contributed by atoms with Crippen LogP contribution in [0.1, 0.15) is 26.7 Å². The first-order valence-corrected chi connectivity index (χ1v) is 8.24. The average molecular weight is 308 g/mol. The quantitative estimate of drug-likeness (QED) is 0.597. The number of para-hydroxylation sites is 1. The predicted molar refractivity (Wildman–Crippen MR) is 81.6 cm³/mol. The summed E-state index contributed by atoms with van der Waals surface area (Å²) in [5.74, 6) is -0.0683. The van der Waals surface area contributed by atoms with Gasteiger partial charge < -0.3 is 9.47 Å². The minimum atomic E-state index is -0.717. The molecule has 0 saturated heterocycles. The van der Waals surface area contributed by atoms with E-state index >= 15 is 0 Å². The molecule has 1 aromatic carbocycles. The van der Waals surface area contributed by atoms with Crippen LogP contribution >= 0.6 is 11.8 Å². The van der Waals surface area contributed by atoms with E-state index in [4.69, 9.17) is 9.47 Å². The number of hydrogen-bond donors (Lipinski definition) is 0. The van der Waals surface area contributed by atoms with E-state index in [1.165, 1.54) is 0 Å². The first kappa shape index (κ1) is 15.9. The summed E-state index contributed by atoms with van der Waals surface area (Å²) in [7, 11) is 0. The molecule has 2 rings (SSSR count). The van der Waals surface area contributed by atoms with Crippen LogP contribution in [0.3, 0.4) is 0 Å². The molecule has 0 aliphatic carbocycles. The van der Waals surface area contributed by atoms with Crippen LogP contribution in [0.25, 0.3) is 0 Å². The zero-order valence-electron chi connectivity index (χ0n) is 12.3. The van der Waals surface area contributed by atoms with Crippen molar-refractivity contribution in [1.82, 2.24) is 0 Å². The van der Waals surface area contributed by atoms with Gasteiger partial charge in [-0.05, 0) is 25.5 Å². The van der Waals surface area contributed by atoms with Crippen LogP contribution in [0.15, 0.2) is 29.2 Å². The Kier molecular flexibility index (Phi) is 5.67. The Balaban J connectivity index is 2.09. The first-order chi connectivity index (χ1) is 10.2. The summed E-state index contributed by atoms with van der Waals surface area (Å²) >= 11 is 1.59. The topological polar surface area (TPSA) is 52.6 Å². The molecule has 0 bridgehead atoms. The van der Waals surface area contributed by atoms with Crippen molar-refractivity contribution in [2.45, 2.75) is 37.7 Å². The molecule has 1 aliphatic rings. The predicted octanol–water partition coefficient (Wildman–Crippen LogP) is 3.09. The summed E-state index contributed by atoms with van der Waals surface area (Å²) in [5, 5.41) is 0. The molecule has 114 valence electrons. The van der Waals surface area contributed by atoms with E-state index in [2.05, 4.69) is 0 Å². The Bertz CT molecular complexity index is 515. The van der Waals surface area contributed by atoms with Gasteiger partial charge in [0.2, 0.25) is 0 Å². The molecule has 5 heteroatoms. The number of rotatable bonds is 6. The molecule has 0 amide bonds. The summed E-state index contributed by atoms with van der Waals surface area (Å²) < 4.78 is 10.8. The first-order valence-electron chi connectivity index (χ1n) is 7.26. The lowest BCUT2D eigenvalue weighted by Gasteiger charge is -2.26. The number of esters is 1. The molecule has 2 unspecified atom stereocenters. The fraction of sp³-hybridized carbons (Fsp3) is 0.500. The maximum absolute atomic E-state index is 12.6. The number of fused-ring (bicyclic) bond motifs is 1. The third-order valence-corrected chi connectivity index (χ3v) is 4.44. The minimum Gasteiger partial charge on any atom is -0.481 e. The normalized spacial score (nSPS) is 18.3. The monoisotopic (exact) mass is 308 g/mol. The van der Waals surface area contributed by atoms with Crippen molar-refractivity contribution in [2.24, 2.45) is 5.92 Å². The molecule has 1 aromatic rings. The Morgan fingerprint density at radius 2 is 2.14 bits per heavy atom. The number of Topliss-reactive ketones (excluding diaryl/α,β-unsaturated/α-hetero) is 1. The van der Waals surface area contributed by atoms with Gasteiger partial charge in [0.05, 0.1) is 6.61 Å². The molecule has 0 saturated carbocycles. The lowest BCUT2D eigenvalue weighted by atomic mass is 9.95. The summed E-state index contributed by atoms with van der Waals surface area (Å²) in [5.41, 5.74) is 0. The molecule has 1 aliphatic heterocycles. The maximum atomic E-state index is 12.6. The van der Waals surface area contributed by atoms with Crippen LogP contribution in [0.4, 0.5) is 0 Å². The van der Waals surface area contributed by atoms with Gasteiger partial charge in [0.1, 0.15) is 11.7 Å². The van der Waals surface area contributed by atoms with Crippen molar-refractivity contribution in [3.63, 3.8) is 0 Å². The summed E-state index contributed by atoms with van der Waals surface area (Å²) in [4.78, 5) is 25.6. The largest absolute Gasteiger partial charge is 0.481 e. The van der Waals surface area contributed by atoms with Gasteiger partial charge in [-0.3, -0.25) is 9.59 Å². The number of carbonyl (C=O) groups is 2. The van der Waals surface area contributed by atoms with Crippen LogP contribution in [0, 0.1) is 5.92 Å². The van der Waals surface area contributed by atoms with Crippen molar-refractivity contribution in [3.8, 4) is 5.75 Å². The molecule has 4 nitrogen and oxygen atoms in total. The number of ether oxygens (including phenoxy) is 2. The number of thioether (sulfide) groups is 1. The third-order valence-electron chi connectivity index (χ3n) is 3.32. The van der Waals surface area contributed by atoms with E-state index in [1.54, 1.807) is 18.7 Å². The SMILES string of the molecule is CCCC(C(=O)OCC)C(=O)C1CSc2ccccc2O1. The number of ketones is 1. The van der Waals surface area contributed by atoms with Crippen molar-refractivity contribution in [1.29, 1.82) is 0 Å². The van der Waals surface area contributed by atoms with Gasteiger partial charge in [0.15, 0.2) is 11.9 Å². The van der Waals surface area contributed by atoms with E-state index in [0.29, 0.717) is 17.9 Å². The van der Waals surface area contributed by atoms with Crippen LogP contribution < -0.4 is 4.74 Å². The molecule has 0 radical (unpaired) electrons. The summed E-state index contributed by atoms with van der Waals surface area (Å²) in [6.45, 7) is 3.98. The Labute approximate surface area is 129 Å². The van der Waals surface area contributed by atoms with Crippen LogP contribution in [0.5, 0.6) is 5.75 Å². The van der Waals surface area contributed by atoms with E-state index in [-0.39, 0.29) is 12.4 Å². The summed E-state index contributed by atoms with van der Waals surface area (Å²) in [6, 6.07) is 7.63. The second-order valence-electron chi connectivity index (χ2n) is 4.86. The summed E-state index contributed by atoms with van der Waals surface area (Å²) in [6.07, 6.45) is 0.682. The van der Waals surface area contributed by atoms with Gasteiger partial charge in [0.25, 0.3) is 0 Å². The Morgan fingerprint density at radius 1 is 1.38 bits per heavy atom. The molecule has 1 heterocycles. The van der Waals surface area contributed by atoms with Crippen LogP contribution in [-0.2, 0) is 14.3 Å². The zero-order valence-corrected chi connectivity index (χ0v) is 13.2. The van der Waals surface area contributed by atoms with E-state index < -0.39 is 18.0 Å². The lowest BCUT2D eigenvalue weighted by Crippen LogP contribution is -2.40. The van der Waals surface area contributed by atoms with Gasteiger partial charge in [-0.2, -0.15) is 0 Å².